The maximum Gasteiger partial charge on any atom is 0.227 e. The van der Waals surface area contributed by atoms with Gasteiger partial charge in [0.05, 0.1) is 6.42 Å². The lowest BCUT2D eigenvalue weighted by molar-refractivity contribution is -0.131. The third-order valence-corrected chi connectivity index (χ3v) is 5.09. The number of nitrogens with zero attached hydrogens (tertiary/aromatic N) is 4. The van der Waals surface area contributed by atoms with E-state index >= 15 is 0 Å². The Hall–Kier alpha value is -1.58. The van der Waals surface area contributed by atoms with Crippen LogP contribution in [-0.2, 0) is 17.8 Å². The van der Waals surface area contributed by atoms with Crippen LogP contribution in [0.25, 0.3) is 0 Å². The van der Waals surface area contributed by atoms with E-state index < -0.39 is 0 Å². The summed E-state index contributed by atoms with van der Waals surface area (Å²) in [7, 11) is 1.76. The van der Waals surface area contributed by atoms with Gasteiger partial charge in [-0.2, -0.15) is 0 Å². The highest BCUT2D eigenvalue weighted by molar-refractivity contribution is 14.0. The van der Waals surface area contributed by atoms with Crippen LogP contribution in [0, 0.1) is 0 Å². The normalized spacial score (nSPS) is 14.4. The second kappa shape index (κ2) is 11.6. The summed E-state index contributed by atoms with van der Waals surface area (Å²) in [6, 6.07) is 11.2. The second-order valence-electron chi connectivity index (χ2n) is 6.56. The van der Waals surface area contributed by atoms with Crippen molar-refractivity contribution in [2.24, 2.45) is 4.99 Å². The van der Waals surface area contributed by atoms with Gasteiger partial charge in [0.15, 0.2) is 5.96 Å². The summed E-state index contributed by atoms with van der Waals surface area (Å²) in [5.41, 5.74) is 1.97. The van der Waals surface area contributed by atoms with E-state index in [0.29, 0.717) is 36.2 Å². The first-order valence-corrected chi connectivity index (χ1v) is 9.89. The third kappa shape index (κ3) is 7.01. The number of carbonyl (C=O) groups excluding carboxylic acids is 1. The fourth-order valence-electron chi connectivity index (χ4n) is 3.13. The van der Waals surface area contributed by atoms with Gasteiger partial charge in [-0.05, 0) is 29.3 Å². The minimum absolute atomic E-state index is 0. The van der Waals surface area contributed by atoms with Gasteiger partial charge in [-0.15, -0.1) is 24.0 Å². The van der Waals surface area contributed by atoms with Crippen molar-refractivity contribution in [1.29, 1.82) is 0 Å². The zero-order chi connectivity index (χ0) is 19.9. The van der Waals surface area contributed by atoms with Crippen LogP contribution in [0.15, 0.2) is 47.6 Å². The molecule has 1 saturated heterocycles. The monoisotopic (exact) mass is 547 g/mol. The van der Waals surface area contributed by atoms with E-state index in [4.69, 9.17) is 23.2 Å². The number of hydrogen-bond donors (Lipinski definition) is 1. The molecule has 1 aromatic heterocycles. The van der Waals surface area contributed by atoms with E-state index in [1.807, 2.05) is 35.2 Å². The number of halogens is 3. The standard InChI is InChI=1S/C20H23Cl2N5O.HI/c1-23-20(25-14-16-5-6-18(22)24-13-16)27-9-7-26(8-10-27)19(28)12-15-3-2-4-17(21)11-15;/h2-6,11,13H,7-10,12,14H2,1H3,(H,23,25);1H. The molecule has 1 aliphatic heterocycles. The molecule has 1 aliphatic rings. The van der Waals surface area contributed by atoms with Crippen molar-refractivity contribution in [1.82, 2.24) is 20.1 Å². The number of piperazine rings is 1. The lowest BCUT2D eigenvalue weighted by atomic mass is 10.1. The molecule has 9 heteroatoms. The Morgan fingerprint density at radius 1 is 1.10 bits per heavy atom. The quantitative estimate of drug-likeness (QED) is 0.275. The van der Waals surface area contributed by atoms with E-state index in [1.54, 1.807) is 19.3 Å². The predicted molar refractivity (Wildman–Crippen MR) is 128 cm³/mol. The third-order valence-electron chi connectivity index (χ3n) is 4.63. The Balaban J connectivity index is 0.00000300. The average Bonchev–Trinajstić information content (AvgIpc) is 2.70. The zero-order valence-corrected chi connectivity index (χ0v) is 20.0. The lowest BCUT2D eigenvalue weighted by Gasteiger charge is -2.36. The van der Waals surface area contributed by atoms with Gasteiger partial charge in [-0.25, -0.2) is 4.98 Å². The minimum Gasteiger partial charge on any atom is -0.352 e. The van der Waals surface area contributed by atoms with Gasteiger partial charge < -0.3 is 15.1 Å². The molecule has 0 aliphatic carbocycles. The number of nitrogens with one attached hydrogen (secondary N) is 1. The number of aromatic nitrogens is 1. The second-order valence-corrected chi connectivity index (χ2v) is 7.39. The molecule has 0 saturated carbocycles. The van der Waals surface area contributed by atoms with E-state index in [-0.39, 0.29) is 29.9 Å². The van der Waals surface area contributed by atoms with Crippen LogP contribution in [0.3, 0.4) is 0 Å². The Morgan fingerprint density at radius 3 is 2.45 bits per heavy atom. The Labute approximate surface area is 198 Å². The van der Waals surface area contributed by atoms with Gasteiger partial charge in [0.2, 0.25) is 5.91 Å². The highest BCUT2D eigenvalue weighted by Gasteiger charge is 2.23. The maximum atomic E-state index is 12.6. The Morgan fingerprint density at radius 2 is 1.83 bits per heavy atom. The van der Waals surface area contributed by atoms with Crippen LogP contribution in [0.4, 0.5) is 0 Å². The van der Waals surface area contributed by atoms with Crippen LogP contribution in [0.2, 0.25) is 10.2 Å². The summed E-state index contributed by atoms with van der Waals surface area (Å²) < 4.78 is 0. The predicted octanol–water partition coefficient (Wildman–Crippen LogP) is 3.47. The molecule has 1 fully saturated rings. The van der Waals surface area contributed by atoms with Crippen molar-refractivity contribution in [2.75, 3.05) is 33.2 Å². The number of amides is 1. The van der Waals surface area contributed by atoms with E-state index in [1.165, 1.54) is 0 Å². The van der Waals surface area contributed by atoms with Crippen LogP contribution >= 0.6 is 47.2 Å². The molecule has 0 atom stereocenters. The molecule has 0 unspecified atom stereocenters. The van der Waals surface area contributed by atoms with Crippen LogP contribution in [-0.4, -0.2) is 59.9 Å². The molecule has 0 radical (unpaired) electrons. The van der Waals surface area contributed by atoms with Crippen molar-refractivity contribution in [2.45, 2.75) is 13.0 Å². The van der Waals surface area contributed by atoms with Crippen molar-refractivity contribution >= 4 is 59.0 Å². The number of hydrogen-bond acceptors (Lipinski definition) is 3. The van der Waals surface area contributed by atoms with E-state index in [0.717, 1.165) is 30.2 Å². The number of pyridine rings is 1. The van der Waals surface area contributed by atoms with Gasteiger partial charge in [0.25, 0.3) is 0 Å². The molecule has 1 amide bonds. The van der Waals surface area contributed by atoms with E-state index in [9.17, 15) is 4.79 Å². The van der Waals surface area contributed by atoms with Gasteiger partial charge in [0, 0.05) is 51.0 Å². The van der Waals surface area contributed by atoms with Crippen LogP contribution in [0.5, 0.6) is 0 Å². The first-order valence-electron chi connectivity index (χ1n) is 9.13. The largest absolute Gasteiger partial charge is 0.352 e. The van der Waals surface area contributed by atoms with Gasteiger partial charge >= 0.3 is 0 Å². The molecule has 2 heterocycles. The summed E-state index contributed by atoms with van der Waals surface area (Å²) in [6.45, 7) is 3.43. The molecule has 1 N–H and O–H groups in total. The molecule has 0 bridgehead atoms. The molecule has 29 heavy (non-hydrogen) atoms. The molecule has 156 valence electrons. The first kappa shape index (κ1) is 23.7. The molecule has 2 aromatic rings. The van der Waals surface area contributed by atoms with E-state index in [2.05, 4.69) is 20.2 Å². The maximum absolute atomic E-state index is 12.6. The van der Waals surface area contributed by atoms with Crippen molar-refractivity contribution < 1.29 is 4.79 Å². The molecule has 6 nitrogen and oxygen atoms in total. The fraction of sp³-hybridized carbons (Fsp3) is 0.350. The lowest BCUT2D eigenvalue weighted by Crippen LogP contribution is -2.53. The summed E-state index contributed by atoms with van der Waals surface area (Å²) in [4.78, 5) is 25.1. The highest BCUT2D eigenvalue weighted by Crippen LogP contribution is 2.13. The molecule has 3 rings (SSSR count). The van der Waals surface area contributed by atoms with Crippen LogP contribution in [0.1, 0.15) is 11.1 Å². The summed E-state index contributed by atoms with van der Waals surface area (Å²) >= 11 is 11.8. The Bertz CT molecular complexity index is 839. The SMILES string of the molecule is CN=C(NCc1ccc(Cl)nc1)N1CCN(C(=O)Cc2cccc(Cl)c2)CC1.I. The van der Waals surface area contributed by atoms with Crippen molar-refractivity contribution in [3.05, 3.63) is 63.9 Å². The zero-order valence-electron chi connectivity index (χ0n) is 16.1. The minimum atomic E-state index is 0. The summed E-state index contributed by atoms with van der Waals surface area (Å²) in [5.74, 6) is 0.939. The highest BCUT2D eigenvalue weighted by atomic mass is 127. The summed E-state index contributed by atoms with van der Waals surface area (Å²) in [5, 5.41) is 4.47. The topological polar surface area (TPSA) is 60.8 Å². The molecule has 1 aromatic carbocycles. The van der Waals surface area contributed by atoms with Crippen molar-refractivity contribution in [3.8, 4) is 0 Å². The first-order chi connectivity index (χ1) is 13.5. The average molecular weight is 548 g/mol. The number of rotatable bonds is 4. The Kier molecular flexibility index (Phi) is 9.45. The number of carbonyl (C=O) groups is 1. The molecular weight excluding hydrogens is 524 g/mol. The van der Waals surface area contributed by atoms with Crippen molar-refractivity contribution in [3.63, 3.8) is 0 Å². The van der Waals surface area contributed by atoms with Gasteiger partial charge in [-0.3, -0.25) is 9.79 Å². The number of aliphatic imine (C=N–C) groups is 1. The smallest absolute Gasteiger partial charge is 0.227 e. The number of guanidine groups is 1. The van der Waals surface area contributed by atoms with Crippen LogP contribution < -0.4 is 5.32 Å². The number of benzene rings is 1. The molecular formula is C20H24Cl2IN5O. The van der Waals surface area contributed by atoms with Gasteiger partial charge in [-0.1, -0.05) is 41.4 Å². The fourth-order valence-corrected chi connectivity index (χ4v) is 3.45. The summed E-state index contributed by atoms with van der Waals surface area (Å²) in [6.07, 6.45) is 2.12. The van der Waals surface area contributed by atoms with Gasteiger partial charge in [0.1, 0.15) is 5.15 Å². The molecule has 0 spiro atoms.